The molecule has 24 heavy (non-hydrogen) atoms. The lowest BCUT2D eigenvalue weighted by Gasteiger charge is -2.25. The molecule has 0 spiro atoms. The molecule has 1 aromatic heterocycles. The second-order valence-electron chi connectivity index (χ2n) is 6.73. The summed E-state index contributed by atoms with van der Waals surface area (Å²) < 4.78 is 0. The summed E-state index contributed by atoms with van der Waals surface area (Å²) in [5.74, 6) is 0.0400. The Kier molecular flexibility index (Phi) is 6.23. The molecular weight excluding hydrogens is 306 g/mol. The lowest BCUT2D eigenvalue weighted by atomic mass is 10.0. The Balaban J connectivity index is 1.81. The molecule has 1 unspecified atom stereocenters. The van der Waals surface area contributed by atoms with Crippen LogP contribution in [0, 0.1) is 19.8 Å². The second kappa shape index (κ2) is 8.17. The van der Waals surface area contributed by atoms with Crippen LogP contribution in [0.2, 0.25) is 0 Å². The van der Waals surface area contributed by atoms with Gasteiger partial charge >= 0.3 is 6.03 Å². The van der Waals surface area contributed by atoms with Crippen molar-refractivity contribution in [3.63, 3.8) is 0 Å². The minimum absolute atomic E-state index is 0.00797. The van der Waals surface area contributed by atoms with Crippen molar-refractivity contribution in [1.82, 2.24) is 25.7 Å². The summed E-state index contributed by atoms with van der Waals surface area (Å²) in [4.78, 5) is 25.8. The van der Waals surface area contributed by atoms with Crippen molar-refractivity contribution >= 4 is 11.9 Å². The monoisotopic (exact) mass is 335 g/mol. The molecule has 1 atom stereocenters. The lowest BCUT2D eigenvalue weighted by molar-refractivity contribution is -0.123. The number of urea groups is 1. The summed E-state index contributed by atoms with van der Waals surface area (Å²) in [6.45, 7) is 9.62. The number of aryl methyl sites for hydroxylation is 2. The second-order valence-corrected chi connectivity index (χ2v) is 6.73. The van der Waals surface area contributed by atoms with Crippen LogP contribution in [0.3, 0.4) is 0 Å². The molecule has 134 valence electrons. The normalized spacial score (nSPS) is 17.4. The minimum Gasteiger partial charge on any atom is -0.356 e. The first kappa shape index (κ1) is 18.3. The largest absolute Gasteiger partial charge is 0.356 e. The van der Waals surface area contributed by atoms with Gasteiger partial charge in [0.1, 0.15) is 0 Å². The first-order valence-corrected chi connectivity index (χ1v) is 8.75. The molecule has 2 rings (SSSR count). The third-order valence-corrected chi connectivity index (χ3v) is 4.49. The highest BCUT2D eigenvalue weighted by Crippen LogP contribution is 2.34. The average Bonchev–Trinajstić information content (AvgIpc) is 3.13. The van der Waals surface area contributed by atoms with Crippen molar-refractivity contribution < 1.29 is 9.59 Å². The SMILES string of the molecule is Cc1n[nH]c(C)c1C1CCCN1C(=O)NCCCNC(=O)C(C)C. The van der Waals surface area contributed by atoms with E-state index in [9.17, 15) is 9.59 Å². The van der Waals surface area contributed by atoms with E-state index in [0.717, 1.165) is 42.8 Å². The average molecular weight is 335 g/mol. The van der Waals surface area contributed by atoms with Crippen LogP contribution in [0.25, 0.3) is 0 Å². The van der Waals surface area contributed by atoms with Crippen LogP contribution in [0.15, 0.2) is 0 Å². The standard InChI is InChI=1S/C17H29N5O2/c1-11(2)16(23)18-8-6-9-19-17(24)22-10-5-7-14(22)15-12(3)20-21-13(15)4/h11,14H,5-10H2,1-4H3,(H,18,23)(H,19,24)(H,20,21). The maximum absolute atomic E-state index is 12.5. The van der Waals surface area contributed by atoms with Gasteiger partial charge in [-0.25, -0.2) is 4.79 Å². The molecule has 1 aliphatic heterocycles. The summed E-state index contributed by atoms with van der Waals surface area (Å²) in [6, 6.07) is 0.0667. The number of amides is 3. The number of carbonyl (C=O) groups excluding carboxylic acids is 2. The van der Waals surface area contributed by atoms with Crippen molar-refractivity contribution in [2.24, 2.45) is 5.92 Å². The summed E-state index contributed by atoms with van der Waals surface area (Å²) in [7, 11) is 0. The Hall–Kier alpha value is -2.05. The molecule has 0 aliphatic carbocycles. The number of aromatic nitrogens is 2. The molecule has 7 nitrogen and oxygen atoms in total. The first-order chi connectivity index (χ1) is 11.4. The molecule has 0 saturated carbocycles. The van der Waals surface area contributed by atoms with Gasteiger partial charge in [0.25, 0.3) is 0 Å². The number of hydrogen-bond donors (Lipinski definition) is 3. The highest BCUT2D eigenvalue weighted by atomic mass is 16.2. The first-order valence-electron chi connectivity index (χ1n) is 8.75. The summed E-state index contributed by atoms with van der Waals surface area (Å²) in [6.07, 6.45) is 2.71. The summed E-state index contributed by atoms with van der Waals surface area (Å²) >= 11 is 0. The number of aromatic amines is 1. The van der Waals surface area contributed by atoms with E-state index in [1.807, 2.05) is 32.6 Å². The van der Waals surface area contributed by atoms with E-state index < -0.39 is 0 Å². The zero-order valence-electron chi connectivity index (χ0n) is 15.1. The highest BCUT2D eigenvalue weighted by Gasteiger charge is 2.32. The van der Waals surface area contributed by atoms with Crippen molar-refractivity contribution in [2.45, 2.75) is 53.0 Å². The van der Waals surface area contributed by atoms with Gasteiger partial charge in [0.2, 0.25) is 5.91 Å². The van der Waals surface area contributed by atoms with E-state index in [0.29, 0.717) is 13.1 Å². The molecule has 0 aromatic carbocycles. The molecule has 0 bridgehead atoms. The quantitative estimate of drug-likeness (QED) is 0.695. The van der Waals surface area contributed by atoms with Gasteiger partial charge in [-0.2, -0.15) is 5.10 Å². The van der Waals surface area contributed by atoms with Gasteiger partial charge in [0.05, 0.1) is 11.7 Å². The van der Waals surface area contributed by atoms with Crippen LogP contribution < -0.4 is 10.6 Å². The molecule has 3 amide bonds. The highest BCUT2D eigenvalue weighted by molar-refractivity contribution is 5.77. The molecular formula is C17H29N5O2. The van der Waals surface area contributed by atoms with Crippen molar-refractivity contribution in [2.75, 3.05) is 19.6 Å². The van der Waals surface area contributed by atoms with Crippen LogP contribution in [-0.2, 0) is 4.79 Å². The number of rotatable bonds is 6. The molecule has 1 aliphatic rings. The zero-order chi connectivity index (χ0) is 17.7. The number of likely N-dealkylation sites (tertiary alicyclic amines) is 1. The minimum atomic E-state index is -0.0345. The topological polar surface area (TPSA) is 90.1 Å². The molecule has 1 fully saturated rings. The van der Waals surface area contributed by atoms with Crippen molar-refractivity contribution in [3.8, 4) is 0 Å². The van der Waals surface area contributed by atoms with Gasteiger partial charge < -0.3 is 15.5 Å². The van der Waals surface area contributed by atoms with Crippen molar-refractivity contribution in [1.29, 1.82) is 0 Å². The summed E-state index contributed by atoms with van der Waals surface area (Å²) in [5, 5.41) is 13.1. The number of carbonyl (C=O) groups is 2. The molecule has 2 heterocycles. The molecule has 7 heteroatoms. The van der Waals surface area contributed by atoms with Gasteiger partial charge in [0, 0.05) is 36.8 Å². The third-order valence-electron chi connectivity index (χ3n) is 4.49. The molecule has 1 saturated heterocycles. The van der Waals surface area contributed by atoms with E-state index >= 15 is 0 Å². The third kappa shape index (κ3) is 4.27. The van der Waals surface area contributed by atoms with Gasteiger partial charge in [-0.3, -0.25) is 9.89 Å². The number of hydrogen-bond acceptors (Lipinski definition) is 3. The Morgan fingerprint density at radius 2 is 2.00 bits per heavy atom. The van der Waals surface area contributed by atoms with Crippen LogP contribution >= 0.6 is 0 Å². The van der Waals surface area contributed by atoms with E-state index in [-0.39, 0.29) is 23.9 Å². The predicted octanol–water partition coefficient (Wildman–Crippen LogP) is 2.04. The van der Waals surface area contributed by atoms with Gasteiger partial charge in [-0.05, 0) is 33.1 Å². The number of nitrogens with zero attached hydrogens (tertiary/aromatic N) is 2. The van der Waals surface area contributed by atoms with E-state index in [1.165, 1.54) is 0 Å². The van der Waals surface area contributed by atoms with Gasteiger partial charge in [0.15, 0.2) is 0 Å². The fourth-order valence-corrected chi connectivity index (χ4v) is 3.16. The Morgan fingerprint density at radius 1 is 1.29 bits per heavy atom. The number of nitrogens with one attached hydrogen (secondary N) is 3. The Morgan fingerprint density at radius 3 is 2.62 bits per heavy atom. The van der Waals surface area contributed by atoms with E-state index in [1.54, 1.807) is 0 Å². The fourth-order valence-electron chi connectivity index (χ4n) is 3.16. The maximum atomic E-state index is 12.5. The van der Waals surface area contributed by atoms with E-state index in [2.05, 4.69) is 20.8 Å². The lowest BCUT2D eigenvalue weighted by Crippen LogP contribution is -2.41. The zero-order valence-corrected chi connectivity index (χ0v) is 15.1. The van der Waals surface area contributed by atoms with Crippen LogP contribution in [0.5, 0.6) is 0 Å². The smallest absolute Gasteiger partial charge is 0.317 e. The van der Waals surface area contributed by atoms with Crippen LogP contribution in [-0.4, -0.2) is 46.7 Å². The predicted molar refractivity (Wildman–Crippen MR) is 92.6 cm³/mol. The van der Waals surface area contributed by atoms with Gasteiger partial charge in [-0.15, -0.1) is 0 Å². The summed E-state index contributed by atoms with van der Waals surface area (Å²) in [5.41, 5.74) is 3.15. The Bertz CT molecular complexity index is 562. The fraction of sp³-hybridized carbons (Fsp3) is 0.706. The van der Waals surface area contributed by atoms with Gasteiger partial charge in [-0.1, -0.05) is 13.8 Å². The molecule has 3 N–H and O–H groups in total. The van der Waals surface area contributed by atoms with E-state index in [4.69, 9.17) is 0 Å². The molecule has 1 aromatic rings. The molecule has 0 radical (unpaired) electrons. The maximum Gasteiger partial charge on any atom is 0.317 e. The van der Waals surface area contributed by atoms with Crippen LogP contribution in [0.4, 0.5) is 4.79 Å². The number of H-pyrrole nitrogens is 1. The van der Waals surface area contributed by atoms with Crippen molar-refractivity contribution in [3.05, 3.63) is 17.0 Å². The Labute approximate surface area is 143 Å². The van der Waals surface area contributed by atoms with Crippen LogP contribution in [0.1, 0.15) is 56.1 Å².